The highest BCUT2D eigenvalue weighted by Gasteiger charge is 2.19. The maximum Gasteiger partial charge on any atom is 0.267 e. The van der Waals surface area contributed by atoms with Gasteiger partial charge in [-0.05, 0) is 41.1 Å². The number of carbonyl (C=O) groups is 1. The van der Waals surface area contributed by atoms with Crippen LogP contribution in [0.4, 0.5) is 5.13 Å². The summed E-state index contributed by atoms with van der Waals surface area (Å²) in [5.41, 5.74) is 3.51. The topological polar surface area (TPSA) is 42.0 Å². The molecule has 2 aromatic carbocycles. The molecule has 4 aromatic rings. The first-order valence-corrected chi connectivity index (χ1v) is 10.9. The van der Waals surface area contributed by atoms with Crippen molar-refractivity contribution >= 4 is 43.8 Å². The number of aromatic nitrogens is 1. The quantitative estimate of drug-likeness (QED) is 0.420. The van der Waals surface area contributed by atoms with E-state index in [9.17, 15) is 4.79 Å². The van der Waals surface area contributed by atoms with Crippen LogP contribution in [-0.2, 0) is 11.8 Å². The molecule has 2 aromatic heterocycles. The van der Waals surface area contributed by atoms with Crippen LogP contribution in [0.5, 0.6) is 0 Å². The third-order valence-electron chi connectivity index (χ3n) is 4.55. The lowest BCUT2D eigenvalue weighted by atomic mass is 9.93. The van der Waals surface area contributed by atoms with Gasteiger partial charge in [0.15, 0.2) is 5.13 Å². The molecular formula is C23H22N2OS2. The molecule has 0 fully saturated rings. The predicted octanol–water partition coefficient (Wildman–Crippen LogP) is 6.50. The maximum atomic E-state index is 12.7. The number of nitrogens with zero attached hydrogens (tertiary/aromatic N) is 1. The molecule has 1 amide bonds. The Hall–Kier alpha value is -2.50. The number of thiophene rings is 1. The predicted molar refractivity (Wildman–Crippen MR) is 120 cm³/mol. The maximum absolute atomic E-state index is 12.7. The minimum absolute atomic E-state index is 0.0216. The van der Waals surface area contributed by atoms with E-state index in [2.05, 4.69) is 73.5 Å². The number of hydrogen-bond donors (Lipinski definition) is 1. The van der Waals surface area contributed by atoms with Gasteiger partial charge in [-0.1, -0.05) is 57.2 Å². The van der Waals surface area contributed by atoms with Gasteiger partial charge in [-0.2, -0.15) is 0 Å². The second-order valence-corrected chi connectivity index (χ2v) is 9.83. The van der Waals surface area contributed by atoms with Crippen molar-refractivity contribution < 1.29 is 4.79 Å². The van der Waals surface area contributed by atoms with Crippen LogP contribution in [0.2, 0.25) is 0 Å². The Labute approximate surface area is 173 Å². The SMILES string of the molecule is CC(C)(C)c1csc(NC(=O)c2cc3cc(Cc4ccccc4)ccc3s2)n1. The van der Waals surface area contributed by atoms with E-state index < -0.39 is 0 Å². The fourth-order valence-electron chi connectivity index (χ4n) is 2.98. The molecule has 1 N–H and O–H groups in total. The Morgan fingerprint density at radius 2 is 1.82 bits per heavy atom. The van der Waals surface area contributed by atoms with Gasteiger partial charge in [0, 0.05) is 15.5 Å². The van der Waals surface area contributed by atoms with E-state index in [1.165, 1.54) is 33.8 Å². The van der Waals surface area contributed by atoms with Gasteiger partial charge in [-0.25, -0.2) is 4.98 Å². The lowest BCUT2D eigenvalue weighted by Gasteiger charge is -2.14. The molecule has 0 unspecified atom stereocenters. The monoisotopic (exact) mass is 406 g/mol. The third-order valence-corrected chi connectivity index (χ3v) is 6.42. The van der Waals surface area contributed by atoms with Gasteiger partial charge in [-0.3, -0.25) is 10.1 Å². The minimum Gasteiger partial charge on any atom is -0.297 e. The van der Waals surface area contributed by atoms with Crippen molar-refractivity contribution in [2.75, 3.05) is 5.32 Å². The molecule has 142 valence electrons. The van der Waals surface area contributed by atoms with Crippen LogP contribution in [0.25, 0.3) is 10.1 Å². The fraction of sp³-hybridized carbons (Fsp3) is 0.217. The summed E-state index contributed by atoms with van der Waals surface area (Å²) in [5, 5.41) is 6.71. The summed E-state index contributed by atoms with van der Waals surface area (Å²) < 4.78 is 1.12. The summed E-state index contributed by atoms with van der Waals surface area (Å²) in [6.07, 6.45) is 0.892. The largest absolute Gasteiger partial charge is 0.297 e. The van der Waals surface area contributed by atoms with Crippen molar-refractivity contribution in [3.05, 3.63) is 81.7 Å². The Morgan fingerprint density at radius 3 is 2.54 bits per heavy atom. The molecule has 0 spiro atoms. The third kappa shape index (κ3) is 4.16. The van der Waals surface area contributed by atoms with Crippen LogP contribution in [0.1, 0.15) is 47.3 Å². The van der Waals surface area contributed by atoms with Crippen LogP contribution in [-0.4, -0.2) is 10.9 Å². The van der Waals surface area contributed by atoms with Crippen molar-refractivity contribution in [2.45, 2.75) is 32.6 Å². The molecule has 0 radical (unpaired) electrons. The average molecular weight is 407 g/mol. The molecule has 0 saturated heterocycles. The minimum atomic E-state index is -0.0966. The van der Waals surface area contributed by atoms with Gasteiger partial charge in [0.1, 0.15) is 0 Å². The van der Waals surface area contributed by atoms with E-state index in [0.29, 0.717) is 10.0 Å². The number of anilines is 1. The highest BCUT2D eigenvalue weighted by Crippen LogP contribution is 2.30. The van der Waals surface area contributed by atoms with Crippen LogP contribution in [0, 0.1) is 0 Å². The molecule has 2 heterocycles. The van der Waals surface area contributed by atoms with E-state index in [1.807, 2.05) is 17.5 Å². The highest BCUT2D eigenvalue weighted by molar-refractivity contribution is 7.21. The Morgan fingerprint density at radius 1 is 1.04 bits per heavy atom. The Bertz CT molecular complexity index is 1120. The molecule has 28 heavy (non-hydrogen) atoms. The number of thiazole rings is 1. The molecular weight excluding hydrogens is 384 g/mol. The van der Waals surface area contributed by atoms with Gasteiger partial charge in [0.05, 0.1) is 10.6 Å². The number of rotatable bonds is 4. The van der Waals surface area contributed by atoms with E-state index in [4.69, 9.17) is 0 Å². The molecule has 0 atom stereocenters. The number of carbonyl (C=O) groups excluding carboxylic acids is 1. The normalized spacial score (nSPS) is 11.7. The molecule has 3 nitrogen and oxygen atoms in total. The zero-order valence-corrected chi connectivity index (χ0v) is 17.8. The lowest BCUT2D eigenvalue weighted by Crippen LogP contribution is -2.13. The van der Waals surface area contributed by atoms with Gasteiger partial charge in [0.2, 0.25) is 0 Å². The summed E-state index contributed by atoms with van der Waals surface area (Å²) in [4.78, 5) is 17.9. The van der Waals surface area contributed by atoms with E-state index >= 15 is 0 Å². The van der Waals surface area contributed by atoms with Crippen molar-refractivity contribution in [1.29, 1.82) is 0 Å². The molecule has 0 aliphatic heterocycles. The fourth-order valence-corrected chi connectivity index (χ4v) is 4.85. The number of fused-ring (bicyclic) bond motifs is 1. The standard InChI is InChI=1S/C23H22N2OS2/c1-23(2,3)20-14-27-22(24-20)25-21(26)19-13-17-12-16(9-10-18(17)28-19)11-15-7-5-4-6-8-15/h4-10,12-14H,11H2,1-3H3,(H,24,25,26). The van der Waals surface area contributed by atoms with Crippen molar-refractivity contribution in [2.24, 2.45) is 0 Å². The van der Waals surface area contributed by atoms with Crippen molar-refractivity contribution in [1.82, 2.24) is 4.98 Å². The molecule has 4 rings (SSSR count). The molecule has 0 aliphatic carbocycles. The summed E-state index contributed by atoms with van der Waals surface area (Å²) in [6, 6.07) is 18.8. The molecule has 5 heteroatoms. The average Bonchev–Trinajstić information content (AvgIpc) is 3.29. The summed E-state index contributed by atoms with van der Waals surface area (Å²) in [7, 11) is 0. The molecule has 0 bridgehead atoms. The van der Waals surface area contributed by atoms with E-state index in [-0.39, 0.29) is 11.3 Å². The molecule has 0 saturated carbocycles. The smallest absolute Gasteiger partial charge is 0.267 e. The summed E-state index contributed by atoms with van der Waals surface area (Å²) >= 11 is 2.99. The van der Waals surface area contributed by atoms with Crippen LogP contribution in [0.3, 0.4) is 0 Å². The first kappa shape index (κ1) is 18.8. The zero-order chi connectivity index (χ0) is 19.7. The second-order valence-electron chi connectivity index (χ2n) is 7.89. The van der Waals surface area contributed by atoms with E-state index in [1.54, 1.807) is 0 Å². The number of nitrogens with one attached hydrogen (secondary N) is 1. The summed E-state index contributed by atoms with van der Waals surface area (Å²) in [6.45, 7) is 6.35. The number of hydrogen-bond acceptors (Lipinski definition) is 4. The van der Waals surface area contributed by atoms with Gasteiger partial charge in [0.25, 0.3) is 5.91 Å². The number of amides is 1. The van der Waals surface area contributed by atoms with Gasteiger partial charge < -0.3 is 0 Å². The first-order valence-electron chi connectivity index (χ1n) is 9.22. The van der Waals surface area contributed by atoms with Crippen LogP contribution >= 0.6 is 22.7 Å². The highest BCUT2D eigenvalue weighted by atomic mass is 32.1. The van der Waals surface area contributed by atoms with Crippen molar-refractivity contribution in [3.63, 3.8) is 0 Å². The van der Waals surface area contributed by atoms with Crippen LogP contribution in [0.15, 0.2) is 60.0 Å². The van der Waals surface area contributed by atoms with Gasteiger partial charge in [-0.15, -0.1) is 22.7 Å². The number of benzene rings is 2. The van der Waals surface area contributed by atoms with Crippen LogP contribution < -0.4 is 5.32 Å². The Kier molecular flexibility index (Phi) is 5.04. The summed E-state index contributed by atoms with van der Waals surface area (Å²) in [5.74, 6) is -0.0966. The van der Waals surface area contributed by atoms with E-state index in [0.717, 1.165) is 22.2 Å². The van der Waals surface area contributed by atoms with Crippen molar-refractivity contribution in [3.8, 4) is 0 Å². The van der Waals surface area contributed by atoms with Gasteiger partial charge >= 0.3 is 0 Å². The first-order chi connectivity index (χ1) is 13.4. The molecule has 0 aliphatic rings. The lowest BCUT2D eigenvalue weighted by molar-refractivity contribution is 0.103. The Balaban J connectivity index is 1.52. The second kappa shape index (κ2) is 7.49. The zero-order valence-electron chi connectivity index (χ0n) is 16.2.